The Morgan fingerprint density at radius 3 is 2.59 bits per heavy atom. The molecule has 2 heterocycles. The molecule has 110 valence electrons. The van der Waals surface area contributed by atoms with E-state index in [-0.39, 0.29) is 5.58 Å². The average Bonchev–Trinajstić information content (AvgIpc) is 3.12. The summed E-state index contributed by atoms with van der Waals surface area (Å²) in [5.74, 6) is 0. The Bertz CT molecular complexity index is 968. The van der Waals surface area contributed by atoms with Crippen molar-refractivity contribution in [1.82, 2.24) is 9.78 Å². The zero-order chi connectivity index (χ0) is 15.3. The molecule has 0 aliphatic carbocycles. The average molecular weight is 302 g/mol. The van der Waals surface area contributed by atoms with Crippen molar-refractivity contribution in [1.29, 1.82) is 0 Å². The number of fused-ring (bicyclic) bond motifs is 3. The van der Waals surface area contributed by atoms with Crippen molar-refractivity contribution in [2.75, 3.05) is 0 Å². The van der Waals surface area contributed by atoms with Crippen molar-refractivity contribution in [2.45, 2.75) is 6.18 Å². The lowest BCUT2D eigenvalue weighted by Gasteiger charge is -2.05. The molecule has 0 spiro atoms. The van der Waals surface area contributed by atoms with Crippen molar-refractivity contribution in [3.8, 4) is 5.69 Å². The van der Waals surface area contributed by atoms with Gasteiger partial charge in [0.1, 0.15) is 11.3 Å². The number of aromatic nitrogens is 2. The number of halogens is 3. The molecule has 4 rings (SSSR count). The second kappa shape index (κ2) is 4.37. The van der Waals surface area contributed by atoms with E-state index < -0.39 is 11.7 Å². The lowest BCUT2D eigenvalue weighted by atomic mass is 10.1. The number of rotatable bonds is 1. The van der Waals surface area contributed by atoms with Crippen LogP contribution in [-0.2, 0) is 6.18 Å². The molecule has 3 nitrogen and oxygen atoms in total. The summed E-state index contributed by atoms with van der Waals surface area (Å²) in [7, 11) is 0. The van der Waals surface area contributed by atoms with Gasteiger partial charge in [-0.2, -0.15) is 18.3 Å². The summed E-state index contributed by atoms with van der Waals surface area (Å²) >= 11 is 0. The summed E-state index contributed by atoms with van der Waals surface area (Å²) in [6.07, 6.45) is -1.01. The zero-order valence-corrected chi connectivity index (χ0v) is 11.1. The molecule has 2 aromatic heterocycles. The minimum absolute atomic E-state index is 0.212. The van der Waals surface area contributed by atoms with Crippen LogP contribution in [-0.4, -0.2) is 9.78 Å². The van der Waals surface area contributed by atoms with E-state index >= 15 is 0 Å². The molecule has 0 saturated carbocycles. The van der Waals surface area contributed by atoms with Gasteiger partial charge in [-0.3, -0.25) is 0 Å². The van der Waals surface area contributed by atoms with Crippen LogP contribution in [0.25, 0.3) is 27.6 Å². The lowest BCUT2D eigenvalue weighted by Crippen LogP contribution is -2.03. The highest BCUT2D eigenvalue weighted by Gasteiger charge is 2.31. The highest BCUT2D eigenvalue weighted by molar-refractivity contribution is 6.07. The first-order valence-corrected chi connectivity index (χ1v) is 6.56. The molecule has 6 heteroatoms. The first-order valence-electron chi connectivity index (χ1n) is 6.56. The van der Waals surface area contributed by atoms with E-state index in [9.17, 15) is 13.2 Å². The molecule has 0 N–H and O–H groups in total. The van der Waals surface area contributed by atoms with Crippen LogP contribution in [0.1, 0.15) is 5.56 Å². The van der Waals surface area contributed by atoms with E-state index in [1.807, 2.05) is 18.2 Å². The minimum Gasteiger partial charge on any atom is -0.454 e. The number of furan rings is 1. The van der Waals surface area contributed by atoms with Gasteiger partial charge in [0.25, 0.3) is 0 Å². The maximum Gasteiger partial charge on any atom is 0.416 e. The van der Waals surface area contributed by atoms with Gasteiger partial charge in [-0.05, 0) is 30.3 Å². The predicted molar refractivity (Wildman–Crippen MR) is 75.8 cm³/mol. The molecule has 0 radical (unpaired) electrons. The number of hydrogen-bond acceptors (Lipinski definition) is 2. The molecule has 0 amide bonds. The highest BCUT2D eigenvalue weighted by Crippen LogP contribution is 2.36. The number of para-hydroxylation sites is 1. The number of benzene rings is 2. The third-order valence-corrected chi connectivity index (χ3v) is 3.56. The molecule has 22 heavy (non-hydrogen) atoms. The van der Waals surface area contributed by atoms with Crippen molar-refractivity contribution < 1.29 is 17.6 Å². The number of hydrogen-bond donors (Lipinski definition) is 0. The maximum atomic E-state index is 12.8. The Balaban J connectivity index is 2.03. The molecule has 4 aromatic rings. The molecule has 0 aliphatic heterocycles. The van der Waals surface area contributed by atoms with Crippen molar-refractivity contribution >= 4 is 21.9 Å². The summed E-state index contributed by atoms with van der Waals surface area (Å²) in [5.41, 5.74) is 0.692. The fourth-order valence-corrected chi connectivity index (χ4v) is 2.55. The molecule has 0 atom stereocenters. The second-order valence-electron chi connectivity index (χ2n) is 4.92. The Morgan fingerprint density at radius 2 is 1.86 bits per heavy atom. The Morgan fingerprint density at radius 1 is 1.00 bits per heavy atom. The topological polar surface area (TPSA) is 31.0 Å². The first-order chi connectivity index (χ1) is 10.5. The van der Waals surface area contributed by atoms with E-state index in [0.29, 0.717) is 16.7 Å². The number of nitrogens with zero attached hydrogens (tertiary/aromatic N) is 2. The van der Waals surface area contributed by atoms with Gasteiger partial charge in [0.05, 0.1) is 5.56 Å². The Hall–Kier alpha value is -2.76. The van der Waals surface area contributed by atoms with Crippen LogP contribution >= 0.6 is 0 Å². The highest BCUT2D eigenvalue weighted by atomic mass is 19.4. The molecule has 0 saturated heterocycles. The normalized spacial score (nSPS) is 12.3. The minimum atomic E-state index is -4.39. The van der Waals surface area contributed by atoms with E-state index in [2.05, 4.69) is 5.10 Å². The van der Waals surface area contributed by atoms with Gasteiger partial charge < -0.3 is 4.42 Å². The fraction of sp³-hybridized carbons (Fsp3) is 0.0625. The predicted octanol–water partition coefficient (Wildman–Crippen LogP) is 4.79. The third-order valence-electron chi connectivity index (χ3n) is 3.56. The van der Waals surface area contributed by atoms with E-state index in [1.165, 1.54) is 6.07 Å². The quantitative estimate of drug-likeness (QED) is 0.506. The van der Waals surface area contributed by atoms with Crippen LogP contribution in [0.3, 0.4) is 0 Å². The third kappa shape index (κ3) is 1.88. The molecule has 0 unspecified atom stereocenters. The molecule has 2 aromatic carbocycles. The standard InChI is InChI=1S/C16H9F3N2O/c17-16(18,19)10-5-6-11-12-3-1-4-13(21-8-2-7-20-21)15(12)22-14(11)9-10/h1-9H. The van der Waals surface area contributed by atoms with Crippen LogP contribution < -0.4 is 0 Å². The summed E-state index contributed by atoms with van der Waals surface area (Å²) in [4.78, 5) is 0. The van der Waals surface area contributed by atoms with Crippen LogP contribution in [0.2, 0.25) is 0 Å². The zero-order valence-electron chi connectivity index (χ0n) is 11.1. The van der Waals surface area contributed by atoms with Gasteiger partial charge in [0, 0.05) is 23.2 Å². The summed E-state index contributed by atoms with van der Waals surface area (Å²) in [6, 6.07) is 10.8. The molecular formula is C16H9F3N2O. The largest absolute Gasteiger partial charge is 0.454 e. The second-order valence-corrected chi connectivity index (χ2v) is 4.92. The molecule has 0 bridgehead atoms. The van der Waals surface area contributed by atoms with Gasteiger partial charge in [-0.25, -0.2) is 4.68 Å². The van der Waals surface area contributed by atoms with Crippen molar-refractivity contribution in [3.63, 3.8) is 0 Å². The molecule has 0 fully saturated rings. The molecule has 0 aliphatic rings. The van der Waals surface area contributed by atoms with E-state index in [0.717, 1.165) is 17.5 Å². The van der Waals surface area contributed by atoms with Crippen LogP contribution in [0.5, 0.6) is 0 Å². The van der Waals surface area contributed by atoms with Crippen LogP contribution in [0, 0.1) is 0 Å². The van der Waals surface area contributed by atoms with Crippen molar-refractivity contribution in [3.05, 3.63) is 60.4 Å². The summed E-state index contributed by atoms with van der Waals surface area (Å²) in [6.45, 7) is 0. The van der Waals surface area contributed by atoms with Gasteiger partial charge in [-0.15, -0.1) is 0 Å². The molecular weight excluding hydrogens is 293 g/mol. The smallest absolute Gasteiger partial charge is 0.416 e. The SMILES string of the molecule is FC(F)(F)c1ccc2c(c1)oc1c(-n3cccn3)cccc12. The number of alkyl halides is 3. The van der Waals surface area contributed by atoms with E-state index in [1.54, 1.807) is 23.1 Å². The van der Waals surface area contributed by atoms with Gasteiger partial charge in [0.15, 0.2) is 5.58 Å². The van der Waals surface area contributed by atoms with Crippen LogP contribution in [0.15, 0.2) is 59.3 Å². The fourth-order valence-electron chi connectivity index (χ4n) is 2.55. The monoisotopic (exact) mass is 302 g/mol. The summed E-state index contributed by atoms with van der Waals surface area (Å²) in [5, 5.41) is 5.55. The lowest BCUT2D eigenvalue weighted by molar-refractivity contribution is -0.137. The van der Waals surface area contributed by atoms with Crippen molar-refractivity contribution in [2.24, 2.45) is 0 Å². The van der Waals surface area contributed by atoms with Crippen LogP contribution in [0.4, 0.5) is 13.2 Å². The Labute approximate surface area is 122 Å². The van der Waals surface area contributed by atoms with Gasteiger partial charge in [-0.1, -0.05) is 12.1 Å². The summed E-state index contributed by atoms with van der Waals surface area (Å²) < 4.78 is 45.8. The Kier molecular flexibility index (Phi) is 2.57. The van der Waals surface area contributed by atoms with Gasteiger partial charge >= 0.3 is 6.18 Å². The van der Waals surface area contributed by atoms with Gasteiger partial charge in [0.2, 0.25) is 0 Å². The van der Waals surface area contributed by atoms with E-state index in [4.69, 9.17) is 4.42 Å². The first kappa shape index (κ1) is 12.9. The maximum absolute atomic E-state index is 12.8.